The number of aromatic nitrogens is 1. The third-order valence-electron chi connectivity index (χ3n) is 5.00. The SMILES string of the molecule is N#Cc1ccc(CCC(=O)N2CCc3cc(-c4ccncc4)ccc32)cc1. The Morgan fingerprint density at radius 2 is 1.81 bits per heavy atom. The van der Waals surface area contributed by atoms with Gasteiger partial charge in [-0.25, -0.2) is 0 Å². The molecule has 4 heteroatoms. The molecule has 0 atom stereocenters. The summed E-state index contributed by atoms with van der Waals surface area (Å²) in [5, 5.41) is 8.86. The van der Waals surface area contributed by atoms with Crippen LogP contribution in [0, 0.1) is 11.3 Å². The van der Waals surface area contributed by atoms with Gasteiger partial charge < -0.3 is 4.90 Å². The number of nitriles is 1. The summed E-state index contributed by atoms with van der Waals surface area (Å²) in [5.41, 5.74) is 6.26. The normalized spacial score (nSPS) is 12.5. The average molecular weight is 353 g/mol. The number of carbonyl (C=O) groups is 1. The number of anilines is 1. The number of fused-ring (bicyclic) bond motifs is 1. The molecule has 0 saturated heterocycles. The lowest BCUT2D eigenvalue weighted by Crippen LogP contribution is -2.29. The molecule has 0 spiro atoms. The molecular weight excluding hydrogens is 334 g/mol. The Morgan fingerprint density at radius 3 is 2.56 bits per heavy atom. The average Bonchev–Trinajstić information content (AvgIpc) is 3.16. The maximum absolute atomic E-state index is 12.7. The van der Waals surface area contributed by atoms with Gasteiger partial charge in [0, 0.05) is 31.0 Å². The van der Waals surface area contributed by atoms with Crippen molar-refractivity contribution in [1.82, 2.24) is 4.98 Å². The first-order valence-corrected chi connectivity index (χ1v) is 9.07. The Morgan fingerprint density at radius 1 is 1.04 bits per heavy atom. The van der Waals surface area contributed by atoms with Crippen LogP contribution in [0.15, 0.2) is 67.0 Å². The van der Waals surface area contributed by atoms with Crippen LogP contribution in [0.5, 0.6) is 0 Å². The number of amides is 1. The molecule has 132 valence electrons. The Bertz CT molecular complexity index is 1000. The van der Waals surface area contributed by atoms with E-state index in [0.29, 0.717) is 18.4 Å². The van der Waals surface area contributed by atoms with Gasteiger partial charge in [-0.2, -0.15) is 5.26 Å². The first kappa shape index (κ1) is 17.0. The lowest BCUT2D eigenvalue weighted by atomic mass is 10.0. The molecule has 2 aromatic carbocycles. The van der Waals surface area contributed by atoms with Gasteiger partial charge in [0.25, 0.3) is 0 Å². The van der Waals surface area contributed by atoms with Crippen molar-refractivity contribution in [3.63, 3.8) is 0 Å². The zero-order chi connectivity index (χ0) is 18.6. The molecule has 3 aromatic rings. The van der Waals surface area contributed by atoms with Gasteiger partial charge in [-0.3, -0.25) is 9.78 Å². The largest absolute Gasteiger partial charge is 0.312 e. The van der Waals surface area contributed by atoms with Crippen LogP contribution in [0.25, 0.3) is 11.1 Å². The highest BCUT2D eigenvalue weighted by molar-refractivity contribution is 5.96. The standard InChI is InChI=1S/C23H19N3O/c24-16-18-3-1-17(2-4-18)5-8-23(27)26-14-11-21-15-20(6-7-22(21)26)19-9-12-25-13-10-19/h1-4,6-7,9-10,12-13,15H,5,8,11,14H2. The number of aryl methyl sites for hydroxylation is 1. The smallest absolute Gasteiger partial charge is 0.227 e. The van der Waals surface area contributed by atoms with E-state index in [-0.39, 0.29) is 5.91 Å². The van der Waals surface area contributed by atoms with Crippen LogP contribution in [0.1, 0.15) is 23.1 Å². The predicted molar refractivity (Wildman–Crippen MR) is 105 cm³/mol. The van der Waals surface area contributed by atoms with Gasteiger partial charge in [0.2, 0.25) is 5.91 Å². The van der Waals surface area contributed by atoms with E-state index in [4.69, 9.17) is 5.26 Å². The van der Waals surface area contributed by atoms with Crippen LogP contribution in [0.4, 0.5) is 5.69 Å². The second-order valence-corrected chi connectivity index (χ2v) is 6.68. The lowest BCUT2D eigenvalue weighted by Gasteiger charge is -2.17. The van der Waals surface area contributed by atoms with E-state index in [9.17, 15) is 4.79 Å². The first-order valence-electron chi connectivity index (χ1n) is 9.07. The van der Waals surface area contributed by atoms with Crippen LogP contribution < -0.4 is 4.90 Å². The molecule has 1 aromatic heterocycles. The third-order valence-corrected chi connectivity index (χ3v) is 5.00. The summed E-state index contributed by atoms with van der Waals surface area (Å²) >= 11 is 0. The van der Waals surface area contributed by atoms with Gasteiger partial charge in [-0.15, -0.1) is 0 Å². The topological polar surface area (TPSA) is 57.0 Å². The Labute approximate surface area is 158 Å². The number of benzene rings is 2. The zero-order valence-electron chi connectivity index (χ0n) is 14.9. The van der Waals surface area contributed by atoms with Crippen molar-refractivity contribution in [3.05, 3.63) is 83.7 Å². The van der Waals surface area contributed by atoms with Gasteiger partial charge in [-0.05, 0) is 71.5 Å². The van der Waals surface area contributed by atoms with Crippen LogP contribution in [-0.4, -0.2) is 17.4 Å². The van der Waals surface area contributed by atoms with E-state index in [1.54, 1.807) is 24.5 Å². The molecule has 4 rings (SSSR count). The molecule has 1 aliphatic rings. The summed E-state index contributed by atoms with van der Waals surface area (Å²) in [4.78, 5) is 18.7. The summed E-state index contributed by atoms with van der Waals surface area (Å²) in [6.07, 6.45) is 5.63. The number of pyridine rings is 1. The molecule has 0 fully saturated rings. The number of nitrogens with zero attached hydrogens (tertiary/aromatic N) is 3. The fourth-order valence-electron chi connectivity index (χ4n) is 3.52. The minimum atomic E-state index is 0.148. The molecule has 2 heterocycles. The fraction of sp³-hybridized carbons (Fsp3) is 0.174. The number of hydrogen-bond acceptors (Lipinski definition) is 3. The molecule has 1 aliphatic heterocycles. The van der Waals surface area contributed by atoms with E-state index < -0.39 is 0 Å². The summed E-state index contributed by atoms with van der Waals surface area (Å²) in [5.74, 6) is 0.148. The van der Waals surface area contributed by atoms with Crippen LogP contribution in [0.2, 0.25) is 0 Å². The predicted octanol–water partition coefficient (Wildman–Crippen LogP) is 4.14. The van der Waals surface area contributed by atoms with Crippen molar-refractivity contribution in [2.24, 2.45) is 0 Å². The Hall–Kier alpha value is -3.45. The molecule has 0 aliphatic carbocycles. The molecule has 0 radical (unpaired) electrons. The summed E-state index contributed by atoms with van der Waals surface area (Å²) in [7, 11) is 0. The van der Waals surface area contributed by atoms with Crippen molar-refractivity contribution < 1.29 is 4.79 Å². The van der Waals surface area contributed by atoms with Crippen molar-refractivity contribution in [1.29, 1.82) is 5.26 Å². The van der Waals surface area contributed by atoms with Gasteiger partial charge in [0.05, 0.1) is 11.6 Å². The van der Waals surface area contributed by atoms with Crippen LogP contribution in [-0.2, 0) is 17.6 Å². The summed E-state index contributed by atoms with van der Waals surface area (Å²) < 4.78 is 0. The second-order valence-electron chi connectivity index (χ2n) is 6.68. The quantitative estimate of drug-likeness (QED) is 0.708. The Kier molecular flexibility index (Phi) is 4.67. The minimum absolute atomic E-state index is 0.148. The summed E-state index contributed by atoms with van der Waals surface area (Å²) in [6.45, 7) is 0.737. The first-order chi connectivity index (χ1) is 13.2. The van der Waals surface area contributed by atoms with Crippen LogP contribution in [0.3, 0.4) is 0 Å². The van der Waals surface area contributed by atoms with Gasteiger partial charge in [-0.1, -0.05) is 18.2 Å². The maximum atomic E-state index is 12.7. The van der Waals surface area contributed by atoms with Crippen molar-refractivity contribution in [2.45, 2.75) is 19.3 Å². The van der Waals surface area contributed by atoms with Gasteiger partial charge in [0.1, 0.15) is 0 Å². The van der Waals surface area contributed by atoms with Gasteiger partial charge in [0.15, 0.2) is 0 Å². The molecular formula is C23H19N3O. The molecule has 0 unspecified atom stereocenters. The van der Waals surface area contributed by atoms with Crippen molar-refractivity contribution in [2.75, 3.05) is 11.4 Å². The van der Waals surface area contributed by atoms with E-state index in [2.05, 4.69) is 29.3 Å². The molecule has 0 saturated carbocycles. The molecule has 27 heavy (non-hydrogen) atoms. The van der Waals surface area contributed by atoms with E-state index in [1.807, 2.05) is 29.2 Å². The minimum Gasteiger partial charge on any atom is -0.312 e. The van der Waals surface area contributed by atoms with Crippen molar-refractivity contribution in [3.8, 4) is 17.2 Å². The van der Waals surface area contributed by atoms with E-state index in [1.165, 1.54) is 5.56 Å². The highest BCUT2D eigenvalue weighted by Gasteiger charge is 2.24. The molecule has 0 bridgehead atoms. The van der Waals surface area contributed by atoms with Gasteiger partial charge >= 0.3 is 0 Å². The highest BCUT2D eigenvalue weighted by atomic mass is 16.2. The van der Waals surface area contributed by atoms with E-state index >= 15 is 0 Å². The fourth-order valence-corrected chi connectivity index (χ4v) is 3.52. The Balaban J connectivity index is 1.45. The zero-order valence-corrected chi connectivity index (χ0v) is 14.9. The van der Waals surface area contributed by atoms with Crippen molar-refractivity contribution >= 4 is 11.6 Å². The number of hydrogen-bond donors (Lipinski definition) is 0. The molecule has 4 nitrogen and oxygen atoms in total. The monoisotopic (exact) mass is 353 g/mol. The maximum Gasteiger partial charge on any atom is 0.227 e. The molecule has 1 amide bonds. The van der Waals surface area contributed by atoms with Crippen LogP contribution >= 0.6 is 0 Å². The number of rotatable bonds is 4. The third kappa shape index (κ3) is 3.58. The number of carbonyl (C=O) groups excluding carboxylic acids is 1. The highest BCUT2D eigenvalue weighted by Crippen LogP contribution is 2.32. The summed E-state index contributed by atoms with van der Waals surface area (Å²) in [6, 6.07) is 19.8. The second kappa shape index (κ2) is 7.43. The van der Waals surface area contributed by atoms with E-state index in [0.717, 1.165) is 35.3 Å². The lowest BCUT2D eigenvalue weighted by molar-refractivity contribution is -0.118. The molecule has 0 N–H and O–H groups in total.